The molecule has 16 heavy (non-hydrogen) atoms. The van der Waals surface area contributed by atoms with Gasteiger partial charge in [0.15, 0.2) is 6.17 Å². The molecule has 0 saturated heterocycles. The van der Waals surface area contributed by atoms with E-state index in [1.165, 1.54) is 6.07 Å². The molecule has 1 aromatic carbocycles. The van der Waals surface area contributed by atoms with Crippen LogP contribution in [-0.2, 0) is 0 Å². The van der Waals surface area contributed by atoms with E-state index in [1.807, 2.05) is 0 Å². The Morgan fingerprint density at radius 1 is 1.06 bits per heavy atom. The lowest BCUT2D eigenvalue weighted by Crippen LogP contribution is -2.40. The Kier molecular flexibility index (Phi) is 3.42. The Labute approximate surface area is 91.8 Å². The fourth-order valence-electron chi connectivity index (χ4n) is 1.02. The lowest BCUT2D eigenvalue weighted by molar-refractivity contribution is -0.305. The lowest BCUT2D eigenvalue weighted by atomic mass is 10.0. The number of alkyl halides is 6. The molecule has 0 bridgehead atoms. The summed E-state index contributed by atoms with van der Waals surface area (Å²) in [5.41, 5.74) is -0.810. The molecule has 1 atom stereocenters. The molecular formula is C9H5ClF6. The van der Waals surface area contributed by atoms with E-state index in [4.69, 9.17) is 11.6 Å². The molecule has 1 rings (SSSR count). The van der Waals surface area contributed by atoms with Crippen molar-refractivity contribution in [2.24, 2.45) is 0 Å². The maximum Gasteiger partial charge on any atom is 0.456 e. The number of benzene rings is 1. The average Bonchev–Trinajstić information content (AvgIpc) is 2.14. The van der Waals surface area contributed by atoms with E-state index in [0.29, 0.717) is 0 Å². The predicted octanol–water partition coefficient (Wildman–Crippen LogP) is 4.55. The summed E-state index contributed by atoms with van der Waals surface area (Å²) in [6.07, 6.45) is -9.40. The van der Waals surface area contributed by atoms with Gasteiger partial charge in [-0.2, -0.15) is 22.0 Å². The van der Waals surface area contributed by atoms with Gasteiger partial charge in [-0.25, -0.2) is 4.39 Å². The second-order valence-corrected chi connectivity index (χ2v) is 3.47. The zero-order valence-electron chi connectivity index (χ0n) is 7.53. The molecular weight excluding hydrogens is 258 g/mol. The maximum absolute atomic E-state index is 13.1. The quantitative estimate of drug-likeness (QED) is 0.686. The summed E-state index contributed by atoms with van der Waals surface area (Å²) >= 11 is 5.36. The highest BCUT2D eigenvalue weighted by atomic mass is 35.5. The normalized spacial score (nSPS) is 14.9. The largest absolute Gasteiger partial charge is 0.456 e. The van der Waals surface area contributed by atoms with Crippen LogP contribution in [0.25, 0.3) is 0 Å². The Bertz CT molecular complexity index is 373. The summed E-state index contributed by atoms with van der Waals surface area (Å²) in [5, 5.41) is -0.113. The topological polar surface area (TPSA) is 0 Å². The van der Waals surface area contributed by atoms with Crippen LogP contribution in [0.4, 0.5) is 26.3 Å². The van der Waals surface area contributed by atoms with Crippen molar-refractivity contribution in [1.82, 2.24) is 0 Å². The molecule has 0 radical (unpaired) electrons. The summed E-state index contributed by atoms with van der Waals surface area (Å²) in [5.74, 6) is -5.43. The second-order valence-electron chi connectivity index (χ2n) is 3.04. The molecule has 7 heteroatoms. The van der Waals surface area contributed by atoms with Gasteiger partial charge in [0.25, 0.3) is 0 Å². The van der Waals surface area contributed by atoms with Crippen molar-refractivity contribution in [2.75, 3.05) is 0 Å². The number of rotatable bonds is 2. The average molecular weight is 263 g/mol. The van der Waals surface area contributed by atoms with Crippen molar-refractivity contribution in [2.45, 2.75) is 18.3 Å². The maximum atomic E-state index is 13.1. The highest BCUT2D eigenvalue weighted by molar-refractivity contribution is 6.30. The molecule has 0 aliphatic carbocycles. The predicted molar refractivity (Wildman–Crippen MR) is 46.3 cm³/mol. The molecule has 1 unspecified atom stereocenters. The highest BCUT2D eigenvalue weighted by Gasteiger charge is 2.63. The number of halogens is 7. The van der Waals surface area contributed by atoms with E-state index in [2.05, 4.69) is 0 Å². The van der Waals surface area contributed by atoms with Gasteiger partial charge in [-0.1, -0.05) is 23.7 Å². The molecule has 1 aromatic rings. The Balaban J connectivity index is 3.07. The molecule has 0 heterocycles. The zero-order valence-corrected chi connectivity index (χ0v) is 8.29. The minimum atomic E-state index is -5.94. The fourth-order valence-corrected chi connectivity index (χ4v) is 1.22. The Morgan fingerprint density at radius 3 is 2.06 bits per heavy atom. The fraction of sp³-hybridized carbons (Fsp3) is 0.333. The minimum absolute atomic E-state index is 0.113. The van der Waals surface area contributed by atoms with E-state index in [-0.39, 0.29) is 5.02 Å². The third-order valence-corrected chi connectivity index (χ3v) is 2.07. The van der Waals surface area contributed by atoms with Gasteiger partial charge >= 0.3 is 12.1 Å². The summed E-state index contributed by atoms with van der Waals surface area (Å²) in [7, 11) is 0. The third-order valence-electron chi connectivity index (χ3n) is 1.84. The van der Waals surface area contributed by atoms with Crippen LogP contribution in [0.15, 0.2) is 24.3 Å². The van der Waals surface area contributed by atoms with Crippen LogP contribution in [0.3, 0.4) is 0 Å². The molecule has 0 spiro atoms. The molecule has 0 fully saturated rings. The molecule has 0 aromatic heterocycles. The van der Waals surface area contributed by atoms with Crippen molar-refractivity contribution in [3.05, 3.63) is 34.9 Å². The van der Waals surface area contributed by atoms with Crippen molar-refractivity contribution in [3.8, 4) is 0 Å². The van der Waals surface area contributed by atoms with Crippen molar-refractivity contribution >= 4 is 11.6 Å². The van der Waals surface area contributed by atoms with Gasteiger partial charge in [-0.15, -0.1) is 0 Å². The molecule has 0 aliphatic rings. The molecule has 0 saturated carbocycles. The summed E-state index contributed by atoms with van der Waals surface area (Å²) in [4.78, 5) is 0. The zero-order chi connectivity index (χ0) is 12.6. The standard InChI is InChI=1S/C9H5ClF6/c10-6-3-1-2-5(4-6)7(11)8(12,13)9(14,15)16/h1-4,7H. The van der Waals surface area contributed by atoms with Gasteiger partial charge in [-0.3, -0.25) is 0 Å². The minimum Gasteiger partial charge on any atom is -0.235 e. The van der Waals surface area contributed by atoms with E-state index >= 15 is 0 Å². The summed E-state index contributed by atoms with van der Waals surface area (Å²) in [6.45, 7) is 0. The number of hydrogen-bond acceptors (Lipinski definition) is 0. The Morgan fingerprint density at radius 2 is 1.62 bits per heavy atom. The molecule has 0 N–H and O–H groups in total. The van der Waals surface area contributed by atoms with Crippen LogP contribution in [0.5, 0.6) is 0 Å². The van der Waals surface area contributed by atoms with E-state index in [0.717, 1.165) is 18.2 Å². The van der Waals surface area contributed by atoms with E-state index < -0.39 is 23.8 Å². The van der Waals surface area contributed by atoms with Gasteiger partial charge in [0.1, 0.15) is 0 Å². The van der Waals surface area contributed by atoms with Gasteiger partial charge in [0.2, 0.25) is 0 Å². The third kappa shape index (κ3) is 2.42. The highest BCUT2D eigenvalue weighted by Crippen LogP contribution is 2.46. The van der Waals surface area contributed by atoms with Crippen LogP contribution < -0.4 is 0 Å². The van der Waals surface area contributed by atoms with Gasteiger partial charge in [0, 0.05) is 5.02 Å². The Hall–Kier alpha value is -0.910. The smallest absolute Gasteiger partial charge is 0.235 e. The molecule has 90 valence electrons. The van der Waals surface area contributed by atoms with Crippen LogP contribution >= 0.6 is 11.6 Å². The monoisotopic (exact) mass is 262 g/mol. The number of hydrogen-bond donors (Lipinski definition) is 0. The molecule has 0 amide bonds. The van der Waals surface area contributed by atoms with Gasteiger partial charge in [0.05, 0.1) is 0 Å². The van der Waals surface area contributed by atoms with Crippen LogP contribution in [0.2, 0.25) is 5.02 Å². The first-order valence-electron chi connectivity index (χ1n) is 4.00. The van der Waals surface area contributed by atoms with Crippen LogP contribution in [-0.4, -0.2) is 12.1 Å². The van der Waals surface area contributed by atoms with Gasteiger partial charge in [-0.05, 0) is 17.7 Å². The first kappa shape index (κ1) is 13.2. The van der Waals surface area contributed by atoms with E-state index in [9.17, 15) is 26.3 Å². The van der Waals surface area contributed by atoms with E-state index in [1.54, 1.807) is 0 Å². The van der Waals surface area contributed by atoms with Crippen molar-refractivity contribution in [1.29, 1.82) is 0 Å². The summed E-state index contributed by atoms with van der Waals surface area (Å²) < 4.78 is 73.8. The van der Waals surface area contributed by atoms with Crippen molar-refractivity contribution < 1.29 is 26.3 Å². The first-order chi connectivity index (χ1) is 7.16. The second kappa shape index (κ2) is 4.16. The molecule has 0 nitrogen and oxygen atoms in total. The first-order valence-corrected chi connectivity index (χ1v) is 4.38. The lowest BCUT2D eigenvalue weighted by Gasteiger charge is -2.23. The van der Waals surface area contributed by atoms with Crippen LogP contribution in [0.1, 0.15) is 11.7 Å². The molecule has 0 aliphatic heterocycles. The van der Waals surface area contributed by atoms with Crippen molar-refractivity contribution in [3.63, 3.8) is 0 Å². The van der Waals surface area contributed by atoms with Crippen LogP contribution in [0, 0.1) is 0 Å². The SMILES string of the molecule is FC(c1cccc(Cl)c1)C(F)(F)C(F)(F)F. The summed E-state index contributed by atoms with van der Waals surface area (Å²) in [6, 6.07) is 3.88. The van der Waals surface area contributed by atoms with Gasteiger partial charge < -0.3 is 0 Å².